The minimum absolute atomic E-state index is 0.0609. The summed E-state index contributed by atoms with van der Waals surface area (Å²) in [7, 11) is 1.36. The molecule has 0 bridgehead atoms. The van der Waals surface area contributed by atoms with Crippen molar-refractivity contribution < 1.29 is 23.8 Å². The number of nitrogens with zero attached hydrogens (tertiary/aromatic N) is 1. The van der Waals surface area contributed by atoms with Crippen LogP contribution in [0.15, 0.2) is 23.1 Å². The molecular weight excluding hydrogens is 354 g/mol. The van der Waals surface area contributed by atoms with Gasteiger partial charge in [0.15, 0.2) is 0 Å². The number of hydrogen-bond donors (Lipinski definition) is 0. The van der Waals surface area contributed by atoms with Gasteiger partial charge in [0.05, 0.1) is 7.11 Å². The van der Waals surface area contributed by atoms with Crippen molar-refractivity contribution in [2.45, 2.75) is 50.2 Å². The number of amides is 1. The number of esters is 1. The number of carbonyl (C=O) groups excluding carboxylic acids is 2. The predicted octanol–water partition coefficient (Wildman–Crippen LogP) is 3.97. The molecule has 1 aliphatic heterocycles. The molecule has 2 rings (SSSR count). The topological polar surface area (TPSA) is 65.1 Å². The van der Waals surface area contributed by atoms with E-state index in [0.717, 1.165) is 4.90 Å². The Bertz CT molecular complexity index is 648. The third kappa shape index (κ3) is 5.56. The quantitative estimate of drug-likeness (QED) is 0.581. The second-order valence-corrected chi connectivity index (χ2v) is 8.02. The number of methoxy groups -OCH3 is 1. The number of benzene rings is 1. The monoisotopic (exact) mass is 381 g/mol. The maximum atomic E-state index is 12.1. The summed E-state index contributed by atoms with van der Waals surface area (Å²) in [6, 6.07) is 5.45. The van der Waals surface area contributed by atoms with E-state index in [4.69, 9.17) is 14.2 Å². The van der Waals surface area contributed by atoms with E-state index in [1.807, 2.05) is 39.2 Å². The number of piperidine rings is 1. The third-order valence-electron chi connectivity index (χ3n) is 3.98. The van der Waals surface area contributed by atoms with Gasteiger partial charge in [0.2, 0.25) is 0 Å². The van der Waals surface area contributed by atoms with Gasteiger partial charge >= 0.3 is 12.1 Å². The first-order valence-corrected chi connectivity index (χ1v) is 9.87. The van der Waals surface area contributed by atoms with Crippen molar-refractivity contribution in [3.8, 4) is 5.75 Å². The Morgan fingerprint density at radius 3 is 2.38 bits per heavy atom. The van der Waals surface area contributed by atoms with Crippen LogP contribution >= 0.6 is 11.8 Å². The zero-order valence-electron chi connectivity index (χ0n) is 16.0. The van der Waals surface area contributed by atoms with Crippen LogP contribution in [0.1, 0.15) is 44.0 Å². The highest BCUT2D eigenvalue weighted by Crippen LogP contribution is 2.29. The van der Waals surface area contributed by atoms with Gasteiger partial charge in [-0.15, -0.1) is 11.8 Å². The van der Waals surface area contributed by atoms with E-state index in [2.05, 4.69) is 0 Å². The van der Waals surface area contributed by atoms with Crippen molar-refractivity contribution in [1.82, 2.24) is 4.90 Å². The van der Waals surface area contributed by atoms with E-state index in [1.165, 1.54) is 7.11 Å². The Morgan fingerprint density at radius 1 is 1.19 bits per heavy atom. The molecule has 26 heavy (non-hydrogen) atoms. The summed E-state index contributed by atoms with van der Waals surface area (Å²) in [5.41, 5.74) is -0.0853. The van der Waals surface area contributed by atoms with Crippen LogP contribution in [0.25, 0.3) is 0 Å². The molecule has 6 nitrogen and oxygen atoms in total. The maximum Gasteiger partial charge on any atom is 0.410 e. The van der Waals surface area contributed by atoms with Crippen molar-refractivity contribution in [3.05, 3.63) is 23.8 Å². The summed E-state index contributed by atoms with van der Waals surface area (Å²) >= 11 is 1.58. The minimum Gasteiger partial charge on any atom is -0.489 e. The summed E-state index contributed by atoms with van der Waals surface area (Å²) in [5.74, 6) is 0.110. The van der Waals surface area contributed by atoms with Crippen LogP contribution < -0.4 is 4.74 Å². The van der Waals surface area contributed by atoms with Gasteiger partial charge in [0.1, 0.15) is 23.0 Å². The summed E-state index contributed by atoms with van der Waals surface area (Å²) < 4.78 is 16.3. The fraction of sp³-hybridized carbons (Fsp3) is 0.579. The SMILES string of the molecule is COC(=O)c1ccc(SC)cc1OC1CCN(C(=O)OC(C)(C)C)CC1. The average Bonchev–Trinajstić information content (AvgIpc) is 2.60. The average molecular weight is 381 g/mol. The molecule has 0 saturated carbocycles. The standard InChI is InChI=1S/C19H27NO5S/c1-19(2,3)25-18(22)20-10-8-13(9-11-20)24-16-12-14(26-5)6-7-15(16)17(21)23-4/h6-7,12-13H,8-11H2,1-5H3. The van der Waals surface area contributed by atoms with E-state index in [0.29, 0.717) is 37.2 Å². The highest BCUT2D eigenvalue weighted by molar-refractivity contribution is 7.98. The second kappa shape index (κ2) is 8.66. The van der Waals surface area contributed by atoms with Gasteiger partial charge in [-0.3, -0.25) is 0 Å². The molecule has 1 saturated heterocycles. The smallest absolute Gasteiger partial charge is 0.410 e. The van der Waals surface area contributed by atoms with Crippen molar-refractivity contribution in [2.75, 3.05) is 26.5 Å². The Kier molecular flexibility index (Phi) is 6.81. The lowest BCUT2D eigenvalue weighted by molar-refractivity contribution is 0.0125. The van der Waals surface area contributed by atoms with Gasteiger partial charge < -0.3 is 19.1 Å². The third-order valence-corrected chi connectivity index (χ3v) is 4.71. The fourth-order valence-corrected chi connectivity index (χ4v) is 3.10. The van der Waals surface area contributed by atoms with Gasteiger partial charge in [-0.05, 0) is 45.2 Å². The van der Waals surface area contributed by atoms with Gasteiger partial charge in [-0.25, -0.2) is 9.59 Å². The van der Waals surface area contributed by atoms with E-state index in [9.17, 15) is 9.59 Å². The minimum atomic E-state index is -0.502. The molecule has 144 valence electrons. The van der Waals surface area contributed by atoms with E-state index in [-0.39, 0.29) is 12.2 Å². The zero-order valence-corrected chi connectivity index (χ0v) is 16.9. The molecule has 0 atom stereocenters. The van der Waals surface area contributed by atoms with Crippen molar-refractivity contribution in [2.24, 2.45) is 0 Å². The number of carbonyl (C=O) groups is 2. The lowest BCUT2D eigenvalue weighted by atomic mass is 10.1. The Morgan fingerprint density at radius 2 is 1.85 bits per heavy atom. The van der Waals surface area contributed by atoms with Gasteiger partial charge in [0.25, 0.3) is 0 Å². The van der Waals surface area contributed by atoms with E-state index in [1.54, 1.807) is 22.7 Å². The molecule has 7 heteroatoms. The molecule has 1 aliphatic rings. The molecule has 0 radical (unpaired) electrons. The molecular formula is C19H27NO5S. The number of likely N-dealkylation sites (tertiary alicyclic amines) is 1. The number of rotatable bonds is 4. The first kappa shape index (κ1) is 20.4. The fourth-order valence-electron chi connectivity index (χ4n) is 2.67. The largest absolute Gasteiger partial charge is 0.489 e. The molecule has 0 unspecified atom stereocenters. The predicted molar refractivity (Wildman–Crippen MR) is 101 cm³/mol. The highest BCUT2D eigenvalue weighted by atomic mass is 32.2. The van der Waals surface area contributed by atoms with Gasteiger partial charge in [-0.1, -0.05) is 0 Å². The summed E-state index contributed by atoms with van der Waals surface area (Å²) in [4.78, 5) is 26.8. The first-order valence-electron chi connectivity index (χ1n) is 8.64. The molecule has 1 aromatic carbocycles. The van der Waals surface area contributed by atoms with Crippen LogP contribution in [0.3, 0.4) is 0 Å². The normalized spacial score (nSPS) is 15.5. The summed E-state index contributed by atoms with van der Waals surface area (Å²) in [5, 5.41) is 0. The number of thioether (sulfide) groups is 1. The molecule has 0 aliphatic carbocycles. The number of hydrogen-bond acceptors (Lipinski definition) is 6. The molecule has 1 amide bonds. The molecule has 1 aromatic rings. The van der Waals surface area contributed by atoms with Crippen molar-refractivity contribution >= 4 is 23.8 Å². The lowest BCUT2D eigenvalue weighted by Crippen LogP contribution is -2.44. The second-order valence-electron chi connectivity index (χ2n) is 7.14. The number of ether oxygens (including phenoxy) is 3. The molecule has 0 N–H and O–H groups in total. The molecule has 0 spiro atoms. The molecule has 1 fully saturated rings. The van der Waals surface area contributed by atoms with E-state index < -0.39 is 11.6 Å². The maximum absolute atomic E-state index is 12.1. The Balaban J connectivity index is 2.01. The zero-order chi connectivity index (χ0) is 19.3. The van der Waals surface area contributed by atoms with Gasteiger partial charge in [-0.2, -0.15) is 0 Å². The van der Waals surface area contributed by atoms with Crippen LogP contribution in [0, 0.1) is 0 Å². The molecule has 0 aromatic heterocycles. The molecule has 1 heterocycles. The Hall–Kier alpha value is -1.89. The van der Waals surface area contributed by atoms with E-state index >= 15 is 0 Å². The van der Waals surface area contributed by atoms with Crippen molar-refractivity contribution in [1.29, 1.82) is 0 Å². The first-order chi connectivity index (χ1) is 12.2. The highest BCUT2D eigenvalue weighted by Gasteiger charge is 2.28. The Labute approximate surface area is 159 Å². The van der Waals surface area contributed by atoms with Crippen LogP contribution in [-0.4, -0.2) is 55.1 Å². The van der Waals surface area contributed by atoms with Crippen molar-refractivity contribution in [3.63, 3.8) is 0 Å². The van der Waals surface area contributed by atoms with Gasteiger partial charge in [0, 0.05) is 30.8 Å². The van der Waals surface area contributed by atoms with Crippen LogP contribution in [0.4, 0.5) is 4.79 Å². The summed E-state index contributed by atoms with van der Waals surface area (Å²) in [6.45, 7) is 6.69. The summed E-state index contributed by atoms with van der Waals surface area (Å²) in [6.07, 6.45) is 2.98. The van der Waals surface area contributed by atoms with Crippen LogP contribution in [0.5, 0.6) is 5.75 Å². The lowest BCUT2D eigenvalue weighted by Gasteiger charge is -2.33. The van der Waals surface area contributed by atoms with Crippen LogP contribution in [-0.2, 0) is 9.47 Å². The van der Waals surface area contributed by atoms with Crippen LogP contribution in [0.2, 0.25) is 0 Å².